The molecule has 0 amide bonds. The van der Waals surface area contributed by atoms with Gasteiger partial charge in [-0.3, -0.25) is 9.59 Å². The summed E-state index contributed by atoms with van der Waals surface area (Å²) < 4.78 is 0. The molecule has 0 saturated heterocycles. The van der Waals surface area contributed by atoms with Gasteiger partial charge >= 0.3 is 5.97 Å². The Hall–Kier alpha value is -4.36. The number of rotatable bonds is 10. The quantitative estimate of drug-likeness (QED) is 0.148. The van der Waals surface area contributed by atoms with Crippen LogP contribution in [0.1, 0.15) is 56.3 Å². The van der Waals surface area contributed by atoms with Gasteiger partial charge in [-0.2, -0.15) is 0 Å². The highest BCUT2D eigenvalue weighted by Gasteiger charge is 2.09. The zero-order valence-electron chi connectivity index (χ0n) is 26.2. The van der Waals surface area contributed by atoms with Gasteiger partial charge in [-0.1, -0.05) is 123 Å². The molecule has 0 unspecified atom stereocenters. The van der Waals surface area contributed by atoms with E-state index in [2.05, 4.69) is 16.4 Å². The van der Waals surface area contributed by atoms with Crippen LogP contribution in [-0.2, 0) is 17.9 Å². The molecule has 232 valence electrons. The average molecular weight is 615 g/mol. The maximum atomic E-state index is 12.2. The first-order valence-electron chi connectivity index (χ1n) is 14.1. The van der Waals surface area contributed by atoms with Gasteiger partial charge in [0.2, 0.25) is 0 Å². The van der Waals surface area contributed by atoms with Crippen molar-refractivity contribution in [2.45, 2.75) is 26.4 Å². The summed E-state index contributed by atoms with van der Waals surface area (Å²) in [5.74, 6) is -0.749. The third-order valence-corrected chi connectivity index (χ3v) is 6.23. The van der Waals surface area contributed by atoms with E-state index in [4.69, 9.17) is 5.11 Å². The first-order chi connectivity index (χ1) is 20.5. The Balaban J connectivity index is 0.000000357. The van der Waals surface area contributed by atoms with Gasteiger partial charge in [0.25, 0.3) is 0 Å². The van der Waals surface area contributed by atoms with Crippen LogP contribution in [0.5, 0.6) is 0 Å². The largest absolute Gasteiger partial charge is 0.478 e. The second-order valence-electron chi connectivity index (χ2n) is 10.5. The fourth-order valence-electron chi connectivity index (χ4n) is 3.92. The number of benzene rings is 4. The van der Waals surface area contributed by atoms with Gasteiger partial charge in [-0.25, -0.2) is 4.79 Å². The molecule has 0 aliphatic rings. The van der Waals surface area contributed by atoms with E-state index >= 15 is 0 Å². The van der Waals surface area contributed by atoms with Crippen molar-refractivity contribution in [2.75, 3.05) is 28.2 Å². The minimum atomic E-state index is -0.900. The maximum absolute atomic E-state index is 12.2. The molecule has 4 rings (SSSR count). The predicted molar refractivity (Wildman–Crippen MR) is 182 cm³/mol. The molecule has 0 spiro atoms. The Morgan fingerprint density at radius 2 is 0.864 bits per heavy atom. The Morgan fingerprint density at radius 1 is 0.568 bits per heavy atom. The summed E-state index contributed by atoms with van der Waals surface area (Å²) in [5.41, 5.74) is 5.64. The third kappa shape index (κ3) is 13.3. The first kappa shape index (κ1) is 37.7. The van der Waals surface area contributed by atoms with Gasteiger partial charge in [-0.15, -0.1) is 12.4 Å². The van der Waals surface area contributed by atoms with Crippen LogP contribution in [0.2, 0.25) is 0 Å². The molecule has 0 heterocycles. The van der Waals surface area contributed by atoms with Crippen LogP contribution in [-0.4, -0.2) is 60.6 Å². The molecule has 4 aromatic carbocycles. The van der Waals surface area contributed by atoms with E-state index in [9.17, 15) is 14.4 Å². The number of carboxylic acids is 1. The lowest BCUT2D eigenvalue weighted by atomic mass is 10.0. The molecule has 0 aliphatic carbocycles. The highest BCUT2D eigenvalue weighted by molar-refractivity contribution is 6.09. The summed E-state index contributed by atoms with van der Waals surface area (Å²) in [6.45, 7) is 6.81. The van der Waals surface area contributed by atoms with Gasteiger partial charge in [0.15, 0.2) is 11.6 Å². The highest BCUT2D eigenvalue weighted by Crippen LogP contribution is 2.13. The standard InChI is InChI=1S/2C16H17NO.C5H8O2.ClH/c2*1-17(2)12-13-8-10-15(11-9-13)16(18)14-6-4-3-5-7-14;1-3-4(2)5(6)7;/h2*3-11H,12H2,1-2H3;2-3H2,1H3,(H,6,7);1H. The minimum Gasteiger partial charge on any atom is -0.478 e. The van der Waals surface area contributed by atoms with Crippen molar-refractivity contribution in [2.24, 2.45) is 0 Å². The van der Waals surface area contributed by atoms with Crippen molar-refractivity contribution >= 4 is 29.9 Å². The lowest BCUT2D eigenvalue weighted by molar-refractivity contribution is -0.132. The molecule has 0 aliphatic heterocycles. The van der Waals surface area contributed by atoms with Gasteiger partial charge in [-0.05, 0) is 45.7 Å². The van der Waals surface area contributed by atoms with Crippen LogP contribution in [0.25, 0.3) is 0 Å². The Morgan fingerprint density at radius 3 is 1.09 bits per heavy atom. The topological polar surface area (TPSA) is 77.9 Å². The Kier molecular flexibility index (Phi) is 16.9. The van der Waals surface area contributed by atoms with E-state index in [0.717, 1.165) is 35.3 Å². The second-order valence-corrected chi connectivity index (χ2v) is 10.5. The normalized spacial score (nSPS) is 9.98. The van der Waals surface area contributed by atoms with E-state index in [-0.39, 0.29) is 29.5 Å². The van der Waals surface area contributed by atoms with Crippen LogP contribution in [0.4, 0.5) is 0 Å². The molecular weight excluding hydrogens is 572 g/mol. The molecule has 0 radical (unpaired) electrons. The number of hydrogen-bond acceptors (Lipinski definition) is 5. The monoisotopic (exact) mass is 614 g/mol. The minimum absolute atomic E-state index is 0. The van der Waals surface area contributed by atoms with Crippen LogP contribution in [0.3, 0.4) is 0 Å². The number of aliphatic carboxylic acids is 1. The molecule has 0 saturated carbocycles. The molecule has 6 nitrogen and oxygen atoms in total. The number of carboxylic acid groups (broad SMARTS) is 1. The number of halogens is 1. The van der Waals surface area contributed by atoms with Gasteiger partial charge in [0, 0.05) is 40.9 Å². The fraction of sp³-hybridized carbons (Fsp3) is 0.216. The Bertz CT molecular complexity index is 1350. The summed E-state index contributed by atoms with van der Waals surface area (Å²) >= 11 is 0. The van der Waals surface area contributed by atoms with Crippen molar-refractivity contribution in [3.63, 3.8) is 0 Å². The van der Waals surface area contributed by atoms with E-state index in [1.807, 2.05) is 137 Å². The molecular formula is C37H43ClN2O4. The number of hydrogen-bond donors (Lipinski definition) is 1. The van der Waals surface area contributed by atoms with Crippen LogP contribution in [0, 0.1) is 0 Å². The van der Waals surface area contributed by atoms with E-state index < -0.39 is 5.97 Å². The smallest absolute Gasteiger partial charge is 0.330 e. The third-order valence-electron chi connectivity index (χ3n) is 6.23. The zero-order chi connectivity index (χ0) is 31.8. The summed E-state index contributed by atoms with van der Waals surface area (Å²) in [4.78, 5) is 38.4. The summed E-state index contributed by atoms with van der Waals surface area (Å²) in [7, 11) is 8.12. The van der Waals surface area contributed by atoms with Gasteiger partial charge in [0.05, 0.1) is 0 Å². The Labute approximate surface area is 268 Å². The van der Waals surface area contributed by atoms with Crippen molar-refractivity contribution in [3.05, 3.63) is 155 Å². The van der Waals surface area contributed by atoms with E-state index in [0.29, 0.717) is 6.42 Å². The molecule has 0 atom stereocenters. The molecule has 1 N–H and O–H groups in total. The van der Waals surface area contributed by atoms with E-state index in [1.165, 1.54) is 11.1 Å². The van der Waals surface area contributed by atoms with E-state index in [1.54, 1.807) is 6.92 Å². The van der Waals surface area contributed by atoms with Crippen molar-refractivity contribution in [1.29, 1.82) is 0 Å². The lowest BCUT2D eigenvalue weighted by Crippen LogP contribution is -2.10. The van der Waals surface area contributed by atoms with Gasteiger partial charge in [0.1, 0.15) is 0 Å². The van der Waals surface area contributed by atoms with Crippen LogP contribution >= 0.6 is 12.4 Å². The highest BCUT2D eigenvalue weighted by atomic mass is 35.5. The first-order valence-corrected chi connectivity index (χ1v) is 14.1. The molecule has 0 bridgehead atoms. The van der Waals surface area contributed by atoms with Crippen molar-refractivity contribution in [1.82, 2.24) is 9.80 Å². The molecule has 0 aromatic heterocycles. The molecule has 44 heavy (non-hydrogen) atoms. The van der Waals surface area contributed by atoms with Crippen LogP contribution < -0.4 is 0 Å². The average Bonchev–Trinajstić information content (AvgIpc) is 3.01. The number of carbonyl (C=O) groups excluding carboxylic acids is 2. The predicted octanol–water partition coefficient (Wildman–Crippen LogP) is 7.42. The zero-order valence-corrected chi connectivity index (χ0v) is 27.0. The summed E-state index contributed by atoms with van der Waals surface area (Å²) in [6, 6.07) is 34.4. The number of ketones is 2. The van der Waals surface area contributed by atoms with Crippen molar-refractivity contribution in [3.8, 4) is 0 Å². The maximum Gasteiger partial charge on any atom is 0.330 e. The SMILES string of the molecule is C=C(CC)C(=O)O.CN(C)Cc1ccc(C(=O)c2ccccc2)cc1.CN(C)Cc1ccc(C(=O)c2ccccc2)cc1.Cl. The second kappa shape index (κ2) is 19.8. The van der Waals surface area contributed by atoms with Crippen molar-refractivity contribution < 1.29 is 19.5 Å². The molecule has 0 fully saturated rings. The molecule has 7 heteroatoms. The fourth-order valence-corrected chi connectivity index (χ4v) is 3.92. The number of nitrogens with zero attached hydrogens (tertiary/aromatic N) is 2. The lowest BCUT2D eigenvalue weighted by Gasteiger charge is -2.09. The van der Waals surface area contributed by atoms with Crippen LogP contribution in [0.15, 0.2) is 121 Å². The number of carbonyl (C=O) groups is 3. The van der Waals surface area contributed by atoms with Gasteiger partial charge < -0.3 is 14.9 Å². The summed E-state index contributed by atoms with van der Waals surface area (Å²) in [5, 5.41) is 8.08. The summed E-state index contributed by atoms with van der Waals surface area (Å²) in [6.07, 6.45) is 0.523. The molecule has 4 aromatic rings.